The fraction of sp³-hybridized carbons (Fsp3) is 0.154. The minimum atomic E-state index is 0.547. The van der Waals surface area contributed by atoms with Crippen LogP contribution in [0.1, 0.15) is 5.56 Å². The van der Waals surface area contributed by atoms with E-state index in [1.807, 2.05) is 43.4 Å². The summed E-state index contributed by atoms with van der Waals surface area (Å²) in [4.78, 5) is 4.13. The van der Waals surface area contributed by atoms with Crippen molar-refractivity contribution >= 4 is 11.6 Å². The molecule has 0 radical (unpaired) electrons. The van der Waals surface area contributed by atoms with Crippen molar-refractivity contribution in [3.05, 3.63) is 53.2 Å². The zero-order valence-electron chi connectivity index (χ0n) is 9.48. The number of aromatic nitrogens is 1. The second kappa shape index (κ2) is 5.66. The first kappa shape index (κ1) is 11.9. The largest absolute Gasteiger partial charge is 0.439 e. The topological polar surface area (TPSA) is 34.1 Å². The molecule has 1 aromatic heterocycles. The Hall–Kier alpha value is -1.58. The molecule has 3 nitrogen and oxygen atoms in total. The summed E-state index contributed by atoms with van der Waals surface area (Å²) >= 11 is 6.02. The van der Waals surface area contributed by atoms with E-state index >= 15 is 0 Å². The lowest BCUT2D eigenvalue weighted by molar-refractivity contribution is 0.462. The molecule has 0 unspecified atom stereocenters. The third-order valence-corrected chi connectivity index (χ3v) is 2.58. The van der Waals surface area contributed by atoms with E-state index in [0.29, 0.717) is 17.4 Å². The van der Waals surface area contributed by atoms with Gasteiger partial charge in [-0.1, -0.05) is 29.8 Å². The van der Waals surface area contributed by atoms with Gasteiger partial charge in [0.25, 0.3) is 0 Å². The first-order valence-corrected chi connectivity index (χ1v) is 5.69. The minimum absolute atomic E-state index is 0.547. The van der Waals surface area contributed by atoms with E-state index in [9.17, 15) is 0 Å². The smallest absolute Gasteiger partial charge is 0.219 e. The van der Waals surface area contributed by atoms with Gasteiger partial charge in [-0.25, -0.2) is 4.98 Å². The molecule has 0 aliphatic heterocycles. The standard InChI is InChI=1S/C13H13ClN2O/c1-15-8-10-7-13(16-9-12(10)14)17-11-5-3-2-4-6-11/h2-7,9,15H,8H2,1H3. The number of para-hydroxylation sites is 1. The Kier molecular flexibility index (Phi) is 3.96. The molecule has 17 heavy (non-hydrogen) atoms. The van der Waals surface area contributed by atoms with Crippen LogP contribution < -0.4 is 10.1 Å². The van der Waals surface area contributed by atoms with E-state index < -0.39 is 0 Å². The molecule has 0 aliphatic carbocycles. The molecule has 0 amide bonds. The number of hydrogen-bond acceptors (Lipinski definition) is 3. The van der Waals surface area contributed by atoms with Crippen molar-refractivity contribution in [1.29, 1.82) is 0 Å². The molecule has 2 rings (SSSR count). The Balaban J connectivity index is 2.19. The second-order valence-corrected chi connectivity index (χ2v) is 3.97. The molecule has 2 aromatic rings. The normalized spacial score (nSPS) is 10.2. The van der Waals surface area contributed by atoms with Crippen LogP contribution in [0.2, 0.25) is 5.02 Å². The van der Waals surface area contributed by atoms with Gasteiger partial charge in [0.15, 0.2) is 0 Å². The fourth-order valence-electron chi connectivity index (χ4n) is 1.45. The molecular weight excluding hydrogens is 236 g/mol. The summed E-state index contributed by atoms with van der Waals surface area (Å²) in [5.74, 6) is 1.31. The number of halogens is 1. The monoisotopic (exact) mass is 248 g/mol. The van der Waals surface area contributed by atoms with Crippen LogP contribution in [0.25, 0.3) is 0 Å². The lowest BCUT2D eigenvalue weighted by atomic mass is 10.2. The SMILES string of the molecule is CNCc1cc(Oc2ccccc2)ncc1Cl. The summed E-state index contributed by atoms with van der Waals surface area (Å²) in [6.07, 6.45) is 1.60. The Morgan fingerprint density at radius 1 is 1.29 bits per heavy atom. The number of nitrogens with one attached hydrogen (secondary N) is 1. The molecule has 1 N–H and O–H groups in total. The maximum atomic E-state index is 6.02. The fourth-order valence-corrected chi connectivity index (χ4v) is 1.62. The molecule has 0 fully saturated rings. The summed E-state index contributed by atoms with van der Waals surface area (Å²) in [6.45, 7) is 0.687. The van der Waals surface area contributed by atoms with Gasteiger partial charge in [-0.15, -0.1) is 0 Å². The average Bonchev–Trinajstić information content (AvgIpc) is 2.35. The van der Waals surface area contributed by atoms with Crippen LogP contribution >= 0.6 is 11.6 Å². The Labute approximate surface area is 105 Å². The maximum absolute atomic E-state index is 6.02. The van der Waals surface area contributed by atoms with Gasteiger partial charge in [0.2, 0.25) is 5.88 Å². The van der Waals surface area contributed by atoms with Crippen molar-refractivity contribution < 1.29 is 4.74 Å². The zero-order valence-corrected chi connectivity index (χ0v) is 10.2. The van der Waals surface area contributed by atoms with Gasteiger partial charge in [0, 0.05) is 18.8 Å². The quantitative estimate of drug-likeness (QED) is 0.902. The van der Waals surface area contributed by atoms with Gasteiger partial charge in [-0.3, -0.25) is 0 Å². The van der Waals surface area contributed by atoms with Crippen LogP contribution in [0.5, 0.6) is 11.6 Å². The molecule has 88 valence electrons. The number of benzene rings is 1. The van der Waals surface area contributed by atoms with Gasteiger partial charge in [0.1, 0.15) is 5.75 Å². The van der Waals surface area contributed by atoms with E-state index in [1.165, 1.54) is 0 Å². The molecular formula is C13H13ClN2O. The molecule has 0 aliphatic rings. The Morgan fingerprint density at radius 3 is 2.76 bits per heavy atom. The lowest BCUT2D eigenvalue weighted by Gasteiger charge is -2.07. The second-order valence-electron chi connectivity index (χ2n) is 3.56. The van der Waals surface area contributed by atoms with Crippen molar-refractivity contribution in [3.63, 3.8) is 0 Å². The highest BCUT2D eigenvalue weighted by Gasteiger charge is 2.04. The van der Waals surface area contributed by atoms with Crippen LogP contribution in [-0.2, 0) is 6.54 Å². The summed E-state index contributed by atoms with van der Waals surface area (Å²) in [5, 5.41) is 3.69. The van der Waals surface area contributed by atoms with Crippen LogP contribution in [-0.4, -0.2) is 12.0 Å². The van der Waals surface area contributed by atoms with Crippen LogP contribution in [0, 0.1) is 0 Å². The number of pyridine rings is 1. The van der Waals surface area contributed by atoms with Gasteiger partial charge in [-0.2, -0.15) is 0 Å². The molecule has 0 bridgehead atoms. The van der Waals surface area contributed by atoms with Crippen LogP contribution in [0.4, 0.5) is 0 Å². The molecule has 4 heteroatoms. The number of nitrogens with zero attached hydrogens (tertiary/aromatic N) is 1. The highest BCUT2D eigenvalue weighted by atomic mass is 35.5. The van der Waals surface area contributed by atoms with Gasteiger partial charge >= 0.3 is 0 Å². The van der Waals surface area contributed by atoms with E-state index in [-0.39, 0.29) is 0 Å². The van der Waals surface area contributed by atoms with Gasteiger partial charge < -0.3 is 10.1 Å². The third kappa shape index (κ3) is 3.19. The van der Waals surface area contributed by atoms with Crippen molar-refractivity contribution in [2.24, 2.45) is 0 Å². The van der Waals surface area contributed by atoms with Crippen molar-refractivity contribution in [3.8, 4) is 11.6 Å². The van der Waals surface area contributed by atoms with Crippen molar-refractivity contribution in [2.45, 2.75) is 6.54 Å². The van der Waals surface area contributed by atoms with Crippen LogP contribution in [0.15, 0.2) is 42.6 Å². The lowest BCUT2D eigenvalue weighted by Crippen LogP contribution is -2.06. The Bertz CT molecular complexity index is 488. The number of rotatable bonds is 4. The molecule has 0 spiro atoms. The molecule has 0 saturated carbocycles. The van der Waals surface area contributed by atoms with E-state index in [1.54, 1.807) is 6.20 Å². The van der Waals surface area contributed by atoms with Gasteiger partial charge in [-0.05, 0) is 24.7 Å². The number of hydrogen-bond donors (Lipinski definition) is 1. The van der Waals surface area contributed by atoms with Gasteiger partial charge in [0.05, 0.1) is 5.02 Å². The van der Waals surface area contributed by atoms with E-state index in [2.05, 4.69) is 10.3 Å². The minimum Gasteiger partial charge on any atom is -0.439 e. The van der Waals surface area contributed by atoms with Crippen molar-refractivity contribution in [2.75, 3.05) is 7.05 Å². The molecule has 1 heterocycles. The predicted octanol–water partition coefficient (Wildman–Crippen LogP) is 3.25. The maximum Gasteiger partial charge on any atom is 0.219 e. The molecule has 0 atom stereocenters. The summed E-state index contributed by atoms with van der Waals surface area (Å²) < 4.78 is 5.62. The highest BCUT2D eigenvalue weighted by molar-refractivity contribution is 6.31. The summed E-state index contributed by atoms with van der Waals surface area (Å²) in [7, 11) is 1.87. The third-order valence-electron chi connectivity index (χ3n) is 2.24. The van der Waals surface area contributed by atoms with E-state index in [4.69, 9.17) is 16.3 Å². The van der Waals surface area contributed by atoms with E-state index in [0.717, 1.165) is 11.3 Å². The average molecular weight is 249 g/mol. The first-order valence-electron chi connectivity index (χ1n) is 5.31. The van der Waals surface area contributed by atoms with Crippen molar-refractivity contribution in [1.82, 2.24) is 10.3 Å². The zero-order chi connectivity index (χ0) is 12.1. The first-order chi connectivity index (χ1) is 8.29. The Morgan fingerprint density at radius 2 is 2.06 bits per heavy atom. The molecule has 0 saturated heterocycles. The number of ether oxygens (including phenoxy) is 1. The summed E-state index contributed by atoms with van der Waals surface area (Å²) in [5.41, 5.74) is 0.968. The van der Waals surface area contributed by atoms with Crippen LogP contribution in [0.3, 0.4) is 0 Å². The summed E-state index contributed by atoms with van der Waals surface area (Å²) in [6, 6.07) is 11.4. The highest BCUT2D eigenvalue weighted by Crippen LogP contribution is 2.23. The predicted molar refractivity (Wildman–Crippen MR) is 68.5 cm³/mol. The molecule has 1 aromatic carbocycles.